The van der Waals surface area contributed by atoms with E-state index in [-0.39, 0.29) is 24.4 Å². The van der Waals surface area contributed by atoms with Crippen molar-refractivity contribution in [3.05, 3.63) is 0 Å². The summed E-state index contributed by atoms with van der Waals surface area (Å²) in [6.45, 7) is 3.93. The molecule has 0 amide bonds. The van der Waals surface area contributed by atoms with Crippen molar-refractivity contribution in [2.75, 3.05) is 40.0 Å². The van der Waals surface area contributed by atoms with Gasteiger partial charge in [-0.1, -0.05) is 0 Å². The van der Waals surface area contributed by atoms with E-state index in [1.165, 1.54) is 7.11 Å². The first kappa shape index (κ1) is 12.7. The fourth-order valence-corrected chi connectivity index (χ4v) is 1.90. The van der Waals surface area contributed by atoms with Gasteiger partial charge in [0.25, 0.3) is 0 Å². The highest BCUT2D eigenvalue weighted by molar-refractivity contribution is 5.85. The lowest BCUT2D eigenvalue weighted by Gasteiger charge is -2.43. The SMILES string of the molecule is COC(=O)C1COCCN1C1CNC1.Cl. The topological polar surface area (TPSA) is 50.8 Å². The van der Waals surface area contributed by atoms with Crippen molar-refractivity contribution in [1.82, 2.24) is 10.2 Å². The van der Waals surface area contributed by atoms with Crippen molar-refractivity contribution in [3.8, 4) is 0 Å². The average Bonchev–Trinajstić information content (AvgIpc) is 2.15. The molecule has 2 fully saturated rings. The Kier molecular flexibility index (Phi) is 4.79. The minimum atomic E-state index is -0.208. The van der Waals surface area contributed by atoms with Gasteiger partial charge in [0.2, 0.25) is 0 Å². The van der Waals surface area contributed by atoms with E-state index in [1.807, 2.05) is 0 Å². The summed E-state index contributed by atoms with van der Waals surface area (Å²) in [6, 6.07) is 0.267. The highest BCUT2D eigenvalue weighted by atomic mass is 35.5. The molecule has 2 rings (SSSR count). The Bertz CT molecular complexity index is 223. The molecular formula is C9H17ClN2O3. The van der Waals surface area contributed by atoms with Crippen LogP contribution >= 0.6 is 12.4 Å². The quantitative estimate of drug-likeness (QED) is 0.640. The van der Waals surface area contributed by atoms with Crippen molar-refractivity contribution in [2.24, 2.45) is 0 Å². The number of methoxy groups -OCH3 is 1. The van der Waals surface area contributed by atoms with E-state index in [4.69, 9.17) is 9.47 Å². The molecule has 2 aliphatic heterocycles. The molecule has 0 radical (unpaired) electrons. The Morgan fingerprint density at radius 3 is 2.80 bits per heavy atom. The number of esters is 1. The van der Waals surface area contributed by atoms with E-state index in [0.29, 0.717) is 19.3 Å². The van der Waals surface area contributed by atoms with Crippen LogP contribution in [0.4, 0.5) is 0 Å². The molecule has 88 valence electrons. The van der Waals surface area contributed by atoms with Gasteiger partial charge in [-0.2, -0.15) is 0 Å². The minimum Gasteiger partial charge on any atom is -0.468 e. The van der Waals surface area contributed by atoms with Crippen molar-refractivity contribution in [2.45, 2.75) is 12.1 Å². The number of morpholine rings is 1. The van der Waals surface area contributed by atoms with Gasteiger partial charge in [-0.15, -0.1) is 12.4 Å². The Balaban J connectivity index is 0.00000112. The lowest BCUT2D eigenvalue weighted by molar-refractivity contribution is -0.156. The second kappa shape index (κ2) is 5.65. The van der Waals surface area contributed by atoms with Gasteiger partial charge < -0.3 is 14.8 Å². The van der Waals surface area contributed by atoms with Crippen molar-refractivity contribution < 1.29 is 14.3 Å². The van der Waals surface area contributed by atoms with E-state index < -0.39 is 0 Å². The number of rotatable bonds is 2. The maximum atomic E-state index is 11.5. The van der Waals surface area contributed by atoms with Crippen LogP contribution in [0.25, 0.3) is 0 Å². The number of carbonyl (C=O) groups excluding carboxylic acids is 1. The monoisotopic (exact) mass is 236 g/mol. The molecule has 0 aromatic rings. The Morgan fingerprint density at radius 2 is 2.27 bits per heavy atom. The molecule has 2 aliphatic rings. The molecule has 1 N–H and O–H groups in total. The second-order valence-electron chi connectivity index (χ2n) is 3.66. The van der Waals surface area contributed by atoms with Gasteiger partial charge in [-0.3, -0.25) is 9.69 Å². The fourth-order valence-electron chi connectivity index (χ4n) is 1.90. The van der Waals surface area contributed by atoms with Crippen molar-refractivity contribution in [1.29, 1.82) is 0 Å². The molecule has 0 aromatic carbocycles. The summed E-state index contributed by atoms with van der Waals surface area (Å²) in [5.74, 6) is -0.184. The standard InChI is InChI=1S/C9H16N2O3.ClH/c1-13-9(12)8-6-14-3-2-11(8)7-4-10-5-7;/h7-8,10H,2-6H2,1H3;1H. The molecule has 0 aromatic heterocycles. The van der Waals surface area contributed by atoms with Gasteiger partial charge in [0.15, 0.2) is 0 Å². The van der Waals surface area contributed by atoms with E-state index in [2.05, 4.69) is 10.2 Å². The lowest BCUT2D eigenvalue weighted by atomic mass is 10.1. The number of ether oxygens (including phenoxy) is 2. The zero-order chi connectivity index (χ0) is 9.97. The van der Waals surface area contributed by atoms with Crippen LogP contribution in [0.5, 0.6) is 0 Å². The zero-order valence-electron chi connectivity index (χ0n) is 8.77. The highest BCUT2D eigenvalue weighted by Gasteiger charge is 2.37. The van der Waals surface area contributed by atoms with Gasteiger partial charge in [0.1, 0.15) is 6.04 Å². The van der Waals surface area contributed by atoms with Gasteiger partial charge >= 0.3 is 5.97 Å². The van der Waals surface area contributed by atoms with E-state index >= 15 is 0 Å². The Morgan fingerprint density at radius 1 is 1.53 bits per heavy atom. The number of carbonyl (C=O) groups is 1. The molecule has 5 nitrogen and oxygen atoms in total. The molecule has 2 heterocycles. The van der Waals surface area contributed by atoms with Crippen LogP contribution in [-0.4, -0.2) is 62.9 Å². The third kappa shape index (κ3) is 2.60. The van der Waals surface area contributed by atoms with Crippen molar-refractivity contribution in [3.63, 3.8) is 0 Å². The Hall–Kier alpha value is -0.360. The molecule has 15 heavy (non-hydrogen) atoms. The molecule has 0 saturated carbocycles. The first-order chi connectivity index (χ1) is 6.83. The summed E-state index contributed by atoms with van der Waals surface area (Å²) in [6.07, 6.45) is 0. The van der Waals surface area contributed by atoms with Gasteiger partial charge in [0.05, 0.1) is 20.3 Å². The van der Waals surface area contributed by atoms with Crippen LogP contribution in [0.15, 0.2) is 0 Å². The molecule has 0 bridgehead atoms. The number of nitrogens with zero attached hydrogens (tertiary/aromatic N) is 1. The normalized spacial score (nSPS) is 27.7. The van der Waals surface area contributed by atoms with Crippen LogP contribution in [-0.2, 0) is 14.3 Å². The van der Waals surface area contributed by atoms with Crippen molar-refractivity contribution >= 4 is 18.4 Å². The molecule has 2 saturated heterocycles. The van der Waals surface area contributed by atoms with Crippen LogP contribution < -0.4 is 5.32 Å². The second-order valence-corrected chi connectivity index (χ2v) is 3.66. The maximum absolute atomic E-state index is 11.5. The first-order valence-electron chi connectivity index (χ1n) is 4.95. The van der Waals surface area contributed by atoms with Crippen LogP contribution in [0.3, 0.4) is 0 Å². The summed E-state index contributed by atoms with van der Waals surface area (Å²) in [5.41, 5.74) is 0. The third-order valence-electron chi connectivity index (χ3n) is 2.87. The minimum absolute atomic E-state index is 0. The number of hydrogen-bond acceptors (Lipinski definition) is 5. The van der Waals surface area contributed by atoms with Crippen LogP contribution in [0, 0.1) is 0 Å². The lowest BCUT2D eigenvalue weighted by Crippen LogP contribution is -2.64. The number of nitrogens with one attached hydrogen (secondary N) is 1. The average molecular weight is 237 g/mol. The summed E-state index contributed by atoms with van der Waals surface area (Å²) in [4.78, 5) is 13.6. The van der Waals surface area contributed by atoms with E-state index in [9.17, 15) is 4.79 Å². The zero-order valence-corrected chi connectivity index (χ0v) is 9.59. The first-order valence-corrected chi connectivity index (χ1v) is 4.95. The largest absolute Gasteiger partial charge is 0.468 e. The summed E-state index contributed by atoms with van der Waals surface area (Å²) in [5, 5.41) is 3.20. The van der Waals surface area contributed by atoms with Crippen LogP contribution in [0.2, 0.25) is 0 Å². The van der Waals surface area contributed by atoms with E-state index in [1.54, 1.807) is 0 Å². The number of halogens is 1. The summed E-state index contributed by atoms with van der Waals surface area (Å²) >= 11 is 0. The van der Waals surface area contributed by atoms with Gasteiger partial charge in [0, 0.05) is 25.7 Å². The fraction of sp³-hybridized carbons (Fsp3) is 0.889. The van der Waals surface area contributed by atoms with Crippen LogP contribution in [0.1, 0.15) is 0 Å². The summed E-state index contributed by atoms with van der Waals surface area (Å²) in [7, 11) is 1.42. The summed E-state index contributed by atoms with van der Waals surface area (Å²) < 4.78 is 10.0. The van der Waals surface area contributed by atoms with Gasteiger partial charge in [-0.05, 0) is 0 Å². The predicted octanol–water partition coefficient (Wildman–Crippen LogP) is -0.746. The smallest absolute Gasteiger partial charge is 0.325 e. The molecular weight excluding hydrogens is 220 g/mol. The molecule has 1 atom stereocenters. The Labute approximate surface area is 95.5 Å². The van der Waals surface area contributed by atoms with Gasteiger partial charge in [-0.25, -0.2) is 0 Å². The molecule has 0 aliphatic carbocycles. The molecule has 6 heteroatoms. The predicted molar refractivity (Wildman–Crippen MR) is 57.2 cm³/mol. The maximum Gasteiger partial charge on any atom is 0.325 e. The molecule has 1 unspecified atom stereocenters. The molecule has 0 spiro atoms. The third-order valence-corrected chi connectivity index (χ3v) is 2.87. The highest BCUT2D eigenvalue weighted by Crippen LogP contribution is 2.15. The number of hydrogen-bond donors (Lipinski definition) is 1. The van der Waals surface area contributed by atoms with E-state index in [0.717, 1.165) is 19.6 Å².